The van der Waals surface area contributed by atoms with Crippen LogP contribution in [0.4, 0.5) is 26.3 Å². The average Bonchev–Trinajstić information content (AvgIpc) is 2.53. The molecule has 0 aliphatic carbocycles. The second-order valence-corrected chi connectivity index (χ2v) is 5.02. The van der Waals surface area contributed by atoms with Gasteiger partial charge in [0.25, 0.3) is 0 Å². The molecule has 0 atom stereocenters. The minimum Gasteiger partial charge on any atom is -0.462 e. The van der Waals surface area contributed by atoms with Crippen molar-refractivity contribution in [2.24, 2.45) is 0 Å². The molecule has 0 heterocycles. The van der Waals surface area contributed by atoms with Crippen LogP contribution < -0.4 is 0 Å². The van der Waals surface area contributed by atoms with Gasteiger partial charge in [0.05, 0.1) is 23.3 Å². The minimum atomic E-state index is -4.82. The van der Waals surface area contributed by atoms with E-state index in [9.17, 15) is 31.1 Å². The smallest absolute Gasteiger partial charge is 0.417 e. The Labute approximate surface area is 139 Å². The third-order valence-electron chi connectivity index (χ3n) is 3.37. The van der Waals surface area contributed by atoms with Gasteiger partial charge in [0.1, 0.15) is 0 Å². The van der Waals surface area contributed by atoms with E-state index in [1.165, 1.54) is 13.0 Å². The summed E-state index contributed by atoms with van der Waals surface area (Å²) >= 11 is 0. The summed E-state index contributed by atoms with van der Waals surface area (Å²) in [6.45, 7) is 1.30. The van der Waals surface area contributed by atoms with E-state index in [1.54, 1.807) is 0 Å². The first kappa shape index (κ1) is 18.8. The van der Waals surface area contributed by atoms with Gasteiger partial charge in [-0.05, 0) is 36.2 Å². The third-order valence-corrected chi connectivity index (χ3v) is 3.37. The molecule has 25 heavy (non-hydrogen) atoms. The van der Waals surface area contributed by atoms with Gasteiger partial charge < -0.3 is 4.74 Å². The van der Waals surface area contributed by atoms with Gasteiger partial charge in [-0.25, -0.2) is 4.79 Å². The van der Waals surface area contributed by atoms with Crippen LogP contribution in [0.25, 0.3) is 11.1 Å². The summed E-state index contributed by atoms with van der Waals surface area (Å²) in [5.41, 5.74) is -2.98. The van der Waals surface area contributed by atoms with Gasteiger partial charge in [0, 0.05) is 0 Å². The van der Waals surface area contributed by atoms with Crippen LogP contribution in [-0.2, 0) is 17.1 Å². The lowest BCUT2D eigenvalue weighted by Crippen LogP contribution is -2.16. The Hall–Kier alpha value is -2.51. The zero-order chi connectivity index (χ0) is 18.8. The largest absolute Gasteiger partial charge is 0.462 e. The molecule has 2 aromatic carbocycles. The van der Waals surface area contributed by atoms with E-state index in [0.29, 0.717) is 0 Å². The van der Waals surface area contributed by atoms with Crippen molar-refractivity contribution in [1.29, 1.82) is 0 Å². The molecule has 0 saturated heterocycles. The molecule has 0 amide bonds. The number of hydrogen-bond acceptors (Lipinski definition) is 2. The van der Waals surface area contributed by atoms with Crippen molar-refractivity contribution in [3.8, 4) is 11.1 Å². The lowest BCUT2D eigenvalue weighted by molar-refractivity contribution is -0.138. The number of carbonyl (C=O) groups excluding carboxylic acids is 1. The molecular weight excluding hydrogens is 350 g/mol. The highest BCUT2D eigenvalue weighted by molar-refractivity contribution is 5.99. The fourth-order valence-corrected chi connectivity index (χ4v) is 2.29. The topological polar surface area (TPSA) is 26.3 Å². The Morgan fingerprint density at radius 1 is 0.920 bits per heavy atom. The monoisotopic (exact) mass is 362 g/mol. The van der Waals surface area contributed by atoms with Crippen molar-refractivity contribution in [3.05, 3.63) is 59.2 Å². The molecule has 0 aromatic heterocycles. The Kier molecular flexibility index (Phi) is 5.10. The van der Waals surface area contributed by atoms with Crippen LogP contribution in [0.15, 0.2) is 42.5 Å². The average molecular weight is 362 g/mol. The van der Waals surface area contributed by atoms with Crippen molar-refractivity contribution in [1.82, 2.24) is 0 Å². The number of alkyl halides is 6. The Balaban J connectivity index is 2.63. The van der Waals surface area contributed by atoms with E-state index in [-0.39, 0.29) is 17.7 Å². The van der Waals surface area contributed by atoms with Crippen LogP contribution in [-0.4, -0.2) is 12.6 Å². The molecule has 0 saturated carbocycles. The molecule has 0 radical (unpaired) electrons. The highest BCUT2D eigenvalue weighted by Gasteiger charge is 2.37. The zero-order valence-corrected chi connectivity index (χ0v) is 12.8. The summed E-state index contributed by atoms with van der Waals surface area (Å²) in [6.07, 6.45) is -9.39. The van der Waals surface area contributed by atoms with E-state index in [0.717, 1.165) is 36.4 Å². The maximum absolute atomic E-state index is 13.2. The van der Waals surface area contributed by atoms with Gasteiger partial charge in [0.15, 0.2) is 0 Å². The molecule has 0 N–H and O–H groups in total. The summed E-state index contributed by atoms with van der Waals surface area (Å²) in [4.78, 5) is 12.0. The lowest BCUT2D eigenvalue weighted by atomic mass is 9.94. The van der Waals surface area contributed by atoms with Crippen LogP contribution in [0.1, 0.15) is 28.4 Å². The van der Waals surface area contributed by atoms with E-state index < -0.39 is 35.0 Å². The second kappa shape index (κ2) is 6.78. The quantitative estimate of drug-likeness (QED) is 0.527. The third kappa shape index (κ3) is 4.12. The molecule has 0 aliphatic heterocycles. The highest BCUT2D eigenvalue weighted by atomic mass is 19.4. The van der Waals surface area contributed by atoms with E-state index >= 15 is 0 Å². The van der Waals surface area contributed by atoms with Gasteiger partial charge in [-0.3, -0.25) is 0 Å². The van der Waals surface area contributed by atoms with Gasteiger partial charge >= 0.3 is 18.3 Å². The van der Waals surface area contributed by atoms with Gasteiger partial charge in [-0.15, -0.1) is 0 Å². The number of esters is 1. The SMILES string of the molecule is CCOC(=O)c1c(-c2ccc(C(F)(F)F)cc2)cccc1C(F)(F)F. The number of hydrogen-bond donors (Lipinski definition) is 0. The highest BCUT2D eigenvalue weighted by Crippen LogP contribution is 2.38. The second-order valence-electron chi connectivity index (χ2n) is 5.02. The van der Waals surface area contributed by atoms with Crippen molar-refractivity contribution in [3.63, 3.8) is 0 Å². The van der Waals surface area contributed by atoms with Crippen LogP contribution >= 0.6 is 0 Å². The summed E-state index contributed by atoms with van der Waals surface area (Å²) < 4.78 is 82.2. The number of rotatable bonds is 3. The zero-order valence-electron chi connectivity index (χ0n) is 12.8. The molecule has 0 unspecified atom stereocenters. The lowest BCUT2D eigenvalue weighted by Gasteiger charge is -2.16. The van der Waals surface area contributed by atoms with Crippen LogP contribution in [0.2, 0.25) is 0 Å². The summed E-state index contributed by atoms with van der Waals surface area (Å²) in [5, 5.41) is 0. The predicted octanol–water partition coefficient (Wildman–Crippen LogP) is 5.57. The molecule has 0 spiro atoms. The first-order valence-electron chi connectivity index (χ1n) is 7.10. The summed E-state index contributed by atoms with van der Waals surface area (Å²) in [5.74, 6) is -1.19. The first-order chi connectivity index (χ1) is 11.6. The van der Waals surface area contributed by atoms with Crippen molar-refractivity contribution < 1.29 is 35.9 Å². The molecule has 2 aromatic rings. The summed E-state index contributed by atoms with van der Waals surface area (Å²) in [7, 11) is 0. The molecule has 0 fully saturated rings. The van der Waals surface area contributed by atoms with Gasteiger partial charge in [-0.1, -0.05) is 24.3 Å². The predicted molar refractivity (Wildman–Crippen MR) is 77.8 cm³/mol. The maximum Gasteiger partial charge on any atom is 0.417 e. The van der Waals surface area contributed by atoms with Crippen molar-refractivity contribution in [2.75, 3.05) is 6.61 Å². The molecule has 134 valence electrons. The maximum atomic E-state index is 13.2. The fourth-order valence-electron chi connectivity index (χ4n) is 2.29. The van der Waals surface area contributed by atoms with Crippen LogP contribution in [0.3, 0.4) is 0 Å². The Morgan fingerprint density at radius 3 is 2.00 bits per heavy atom. The molecule has 2 nitrogen and oxygen atoms in total. The van der Waals surface area contributed by atoms with E-state index in [4.69, 9.17) is 0 Å². The van der Waals surface area contributed by atoms with Gasteiger partial charge in [-0.2, -0.15) is 26.3 Å². The minimum absolute atomic E-state index is 0.0437. The summed E-state index contributed by atoms with van der Waals surface area (Å²) in [6, 6.07) is 6.54. The standard InChI is InChI=1S/C17H12F6O2/c1-2-25-15(24)14-12(4-3-5-13(14)17(21,22)23)10-6-8-11(9-7-10)16(18,19)20/h3-9H,2H2,1H3. The van der Waals surface area contributed by atoms with E-state index in [1.807, 2.05) is 0 Å². The Bertz CT molecular complexity index is 760. The molecule has 8 heteroatoms. The van der Waals surface area contributed by atoms with Crippen LogP contribution in [0, 0.1) is 0 Å². The molecule has 0 aliphatic rings. The van der Waals surface area contributed by atoms with Crippen molar-refractivity contribution in [2.45, 2.75) is 19.3 Å². The molecule has 0 bridgehead atoms. The number of carbonyl (C=O) groups is 1. The molecule has 2 rings (SSSR count). The molecular formula is C17H12F6O2. The normalized spacial score (nSPS) is 12.1. The number of ether oxygens (including phenoxy) is 1. The van der Waals surface area contributed by atoms with Crippen molar-refractivity contribution >= 4 is 5.97 Å². The van der Waals surface area contributed by atoms with E-state index in [2.05, 4.69) is 4.74 Å². The Morgan fingerprint density at radius 2 is 1.52 bits per heavy atom. The fraction of sp³-hybridized carbons (Fsp3) is 0.235. The van der Waals surface area contributed by atoms with Gasteiger partial charge in [0.2, 0.25) is 0 Å². The first-order valence-corrected chi connectivity index (χ1v) is 7.10. The number of halogens is 6. The van der Waals surface area contributed by atoms with Crippen LogP contribution in [0.5, 0.6) is 0 Å². The number of benzene rings is 2.